The Bertz CT molecular complexity index is 1030. The SMILES string of the molecule is Cc1cc(O)c(O)cc1C(=O)NN(C=O)CCC(=O)N1CCCC(C(=O)NC(C=O)CC(=O)O)N1C. The van der Waals surface area contributed by atoms with Crippen molar-refractivity contribution in [2.75, 3.05) is 20.1 Å². The predicted molar refractivity (Wildman–Crippen MR) is 122 cm³/mol. The van der Waals surface area contributed by atoms with Gasteiger partial charge in [0.2, 0.25) is 18.2 Å². The van der Waals surface area contributed by atoms with Gasteiger partial charge < -0.3 is 25.4 Å². The number of aryl methyl sites for hydroxylation is 1. The Morgan fingerprint density at radius 2 is 1.86 bits per heavy atom. The normalized spacial score (nSPS) is 16.5. The van der Waals surface area contributed by atoms with Gasteiger partial charge in [-0.05, 0) is 37.5 Å². The van der Waals surface area contributed by atoms with Crippen molar-refractivity contribution in [1.82, 2.24) is 25.8 Å². The van der Waals surface area contributed by atoms with Crippen molar-refractivity contribution in [3.63, 3.8) is 0 Å². The molecule has 1 aromatic rings. The van der Waals surface area contributed by atoms with E-state index in [2.05, 4.69) is 10.7 Å². The van der Waals surface area contributed by atoms with Gasteiger partial charge in [-0.1, -0.05) is 0 Å². The largest absolute Gasteiger partial charge is 0.504 e. The quantitative estimate of drug-likeness (QED) is 0.139. The van der Waals surface area contributed by atoms with E-state index in [4.69, 9.17) is 5.11 Å². The zero-order chi connectivity index (χ0) is 27.0. The fraction of sp³-hybridized carbons (Fsp3) is 0.455. The van der Waals surface area contributed by atoms with Crippen LogP contribution >= 0.6 is 0 Å². The molecule has 0 saturated carbocycles. The summed E-state index contributed by atoms with van der Waals surface area (Å²) in [5.74, 6) is -3.92. The molecule has 0 spiro atoms. The number of phenols is 2. The van der Waals surface area contributed by atoms with E-state index in [0.717, 1.165) is 11.1 Å². The molecular formula is C22H29N5O9. The second kappa shape index (κ2) is 12.5. The number of phenolic OH excluding ortho intramolecular Hbond substituents is 2. The molecule has 5 N–H and O–H groups in total. The number of nitrogens with zero attached hydrogens (tertiary/aromatic N) is 3. The van der Waals surface area contributed by atoms with E-state index in [-0.39, 0.29) is 18.5 Å². The molecule has 2 unspecified atom stereocenters. The third kappa shape index (κ3) is 7.15. The summed E-state index contributed by atoms with van der Waals surface area (Å²) < 4.78 is 0. The highest BCUT2D eigenvalue weighted by atomic mass is 16.4. The first kappa shape index (κ1) is 28.0. The fourth-order valence-electron chi connectivity index (χ4n) is 3.75. The molecule has 0 aromatic heterocycles. The lowest BCUT2D eigenvalue weighted by molar-refractivity contribution is -0.161. The molecule has 14 nitrogen and oxygen atoms in total. The van der Waals surface area contributed by atoms with Gasteiger partial charge in [0.05, 0.1) is 19.0 Å². The molecule has 1 aliphatic rings. The molecule has 4 amide bonds. The first-order valence-electron chi connectivity index (χ1n) is 11.0. The van der Waals surface area contributed by atoms with Crippen molar-refractivity contribution in [2.24, 2.45) is 0 Å². The predicted octanol–water partition coefficient (Wildman–Crippen LogP) is -1.10. The first-order valence-corrected chi connectivity index (χ1v) is 11.0. The Labute approximate surface area is 206 Å². The van der Waals surface area contributed by atoms with Gasteiger partial charge in [0.15, 0.2) is 11.5 Å². The van der Waals surface area contributed by atoms with Gasteiger partial charge in [0.25, 0.3) is 5.91 Å². The molecule has 196 valence electrons. The van der Waals surface area contributed by atoms with E-state index in [0.29, 0.717) is 37.6 Å². The minimum atomic E-state index is -1.25. The molecule has 0 bridgehead atoms. The van der Waals surface area contributed by atoms with Crippen molar-refractivity contribution in [3.8, 4) is 11.5 Å². The maximum Gasteiger partial charge on any atom is 0.305 e. The van der Waals surface area contributed by atoms with Crippen LogP contribution in [0.15, 0.2) is 12.1 Å². The number of benzene rings is 1. The number of carbonyl (C=O) groups excluding carboxylic acids is 5. The number of carboxylic acid groups (broad SMARTS) is 1. The highest BCUT2D eigenvalue weighted by Gasteiger charge is 2.34. The minimum Gasteiger partial charge on any atom is -0.504 e. The molecule has 2 rings (SSSR count). The number of carboxylic acids is 1. The van der Waals surface area contributed by atoms with Crippen molar-refractivity contribution in [2.45, 2.75) is 44.7 Å². The van der Waals surface area contributed by atoms with E-state index in [9.17, 15) is 39.0 Å². The molecule has 0 radical (unpaired) electrons. The third-order valence-corrected chi connectivity index (χ3v) is 5.66. The average molecular weight is 508 g/mol. The van der Waals surface area contributed by atoms with Gasteiger partial charge in [-0.25, -0.2) is 5.01 Å². The second-order valence-corrected chi connectivity index (χ2v) is 8.24. The van der Waals surface area contributed by atoms with Gasteiger partial charge in [-0.15, -0.1) is 0 Å². The number of hydrogen-bond donors (Lipinski definition) is 5. The molecule has 2 atom stereocenters. The average Bonchev–Trinajstić information content (AvgIpc) is 2.82. The summed E-state index contributed by atoms with van der Waals surface area (Å²) in [6, 6.07) is 0.231. The lowest BCUT2D eigenvalue weighted by Gasteiger charge is -2.41. The Balaban J connectivity index is 1.97. The Kier molecular flexibility index (Phi) is 9.73. The van der Waals surface area contributed by atoms with Crippen LogP contribution in [0.2, 0.25) is 0 Å². The molecular weight excluding hydrogens is 478 g/mol. The van der Waals surface area contributed by atoms with Gasteiger partial charge in [-0.3, -0.25) is 39.4 Å². The van der Waals surface area contributed by atoms with Crippen molar-refractivity contribution < 1.29 is 44.1 Å². The molecule has 1 aromatic carbocycles. The third-order valence-electron chi connectivity index (χ3n) is 5.66. The van der Waals surface area contributed by atoms with Crippen LogP contribution in [0.25, 0.3) is 0 Å². The molecule has 1 fully saturated rings. The molecule has 36 heavy (non-hydrogen) atoms. The smallest absolute Gasteiger partial charge is 0.305 e. The summed E-state index contributed by atoms with van der Waals surface area (Å²) in [6.07, 6.45) is 0.731. The topological polar surface area (TPSA) is 197 Å². The molecule has 14 heteroatoms. The molecule has 1 heterocycles. The number of aldehydes is 1. The number of likely N-dealkylation sites (N-methyl/N-ethyl adjacent to an activating group) is 1. The standard InChI is InChI=1S/C22H29N5O9/c1-13-8-17(30)18(31)10-15(13)21(35)24-26(12-29)7-5-19(32)27-6-3-4-16(25(27)2)22(36)23-14(11-28)9-20(33)34/h8,10-12,14,16,30-31H,3-7,9H2,1-2H3,(H,23,36)(H,24,35)(H,33,34). The van der Waals surface area contributed by atoms with Crippen molar-refractivity contribution >= 4 is 36.4 Å². The van der Waals surface area contributed by atoms with Gasteiger partial charge >= 0.3 is 5.97 Å². The summed E-state index contributed by atoms with van der Waals surface area (Å²) in [6.45, 7) is 1.63. The van der Waals surface area contributed by atoms with Crippen LogP contribution in [0.4, 0.5) is 0 Å². The molecule has 1 aliphatic heterocycles. The summed E-state index contributed by atoms with van der Waals surface area (Å²) in [5.41, 5.74) is 2.68. The van der Waals surface area contributed by atoms with Crippen LogP contribution in [0, 0.1) is 6.92 Å². The van der Waals surface area contributed by atoms with Gasteiger partial charge in [0.1, 0.15) is 12.3 Å². The van der Waals surface area contributed by atoms with Gasteiger partial charge in [-0.2, -0.15) is 0 Å². The molecule has 0 aliphatic carbocycles. The Morgan fingerprint density at radius 3 is 2.47 bits per heavy atom. The minimum absolute atomic E-state index is 0.0182. The van der Waals surface area contributed by atoms with E-state index in [1.54, 1.807) is 0 Å². The van der Waals surface area contributed by atoms with Crippen LogP contribution < -0.4 is 10.7 Å². The van der Waals surface area contributed by atoms with Crippen LogP contribution in [-0.4, -0.2) is 99.0 Å². The maximum absolute atomic E-state index is 12.8. The van der Waals surface area contributed by atoms with Crippen LogP contribution in [-0.2, 0) is 24.0 Å². The van der Waals surface area contributed by atoms with E-state index in [1.807, 2.05) is 0 Å². The molecule has 1 saturated heterocycles. The summed E-state index contributed by atoms with van der Waals surface area (Å²) in [5, 5.41) is 33.9. The van der Waals surface area contributed by atoms with Crippen LogP contribution in [0.5, 0.6) is 11.5 Å². The lowest BCUT2D eigenvalue weighted by atomic mass is 10.1. The Morgan fingerprint density at radius 1 is 1.19 bits per heavy atom. The van der Waals surface area contributed by atoms with Crippen molar-refractivity contribution in [1.29, 1.82) is 0 Å². The van der Waals surface area contributed by atoms with E-state index < -0.39 is 53.7 Å². The van der Waals surface area contributed by atoms with E-state index in [1.165, 1.54) is 30.1 Å². The summed E-state index contributed by atoms with van der Waals surface area (Å²) >= 11 is 0. The second-order valence-electron chi connectivity index (χ2n) is 8.24. The number of amides is 4. The number of rotatable bonds is 11. The highest BCUT2D eigenvalue weighted by Crippen LogP contribution is 2.28. The number of carbonyl (C=O) groups is 6. The number of hydrazine groups is 2. The first-order chi connectivity index (χ1) is 17.0. The zero-order valence-corrected chi connectivity index (χ0v) is 19.8. The Hall–Kier alpha value is -4.20. The van der Waals surface area contributed by atoms with Crippen LogP contribution in [0.3, 0.4) is 0 Å². The van der Waals surface area contributed by atoms with E-state index >= 15 is 0 Å². The number of nitrogens with one attached hydrogen (secondary N) is 2. The number of aromatic hydroxyl groups is 2. The summed E-state index contributed by atoms with van der Waals surface area (Å²) in [4.78, 5) is 71.2. The fourth-order valence-corrected chi connectivity index (χ4v) is 3.75. The van der Waals surface area contributed by atoms with Gasteiger partial charge in [0, 0.05) is 25.6 Å². The highest BCUT2D eigenvalue weighted by molar-refractivity contribution is 5.96. The zero-order valence-electron chi connectivity index (χ0n) is 19.8. The number of hydrogen-bond acceptors (Lipinski definition) is 9. The maximum atomic E-state index is 12.8. The summed E-state index contributed by atoms with van der Waals surface area (Å²) in [7, 11) is 1.51. The van der Waals surface area contributed by atoms with Crippen LogP contribution in [0.1, 0.15) is 41.6 Å². The lowest BCUT2D eigenvalue weighted by Crippen LogP contribution is -2.59. The monoisotopic (exact) mass is 507 g/mol. The number of aliphatic carboxylic acids is 1. The van der Waals surface area contributed by atoms with Crippen molar-refractivity contribution in [3.05, 3.63) is 23.3 Å².